The van der Waals surface area contributed by atoms with Gasteiger partial charge in [0.1, 0.15) is 6.54 Å². The zero-order chi connectivity index (χ0) is 15.8. The Bertz CT molecular complexity index is 484. The van der Waals surface area contributed by atoms with Gasteiger partial charge in [0.2, 0.25) is 0 Å². The predicted octanol–water partition coefficient (Wildman–Crippen LogP) is 2.32. The highest BCUT2D eigenvalue weighted by Crippen LogP contribution is 2.14. The first-order valence-electron chi connectivity index (χ1n) is 7.23. The van der Waals surface area contributed by atoms with Gasteiger partial charge in [-0.25, -0.2) is 0 Å². The molecule has 0 aliphatic carbocycles. The summed E-state index contributed by atoms with van der Waals surface area (Å²) in [4.78, 5) is 25.7. The van der Waals surface area contributed by atoms with E-state index >= 15 is 0 Å². The highest BCUT2D eigenvalue weighted by Gasteiger charge is 2.21. The Morgan fingerprint density at radius 2 is 1.95 bits per heavy atom. The molecule has 0 spiro atoms. The third kappa shape index (κ3) is 5.10. The highest BCUT2D eigenvalue weighted by atomic mass is 16.5. The van der Waals surface area contributed by atoms with Gasteiger partial charge < -0.3 is 15.4 Å². The van der Waals surface area contributed by atoms with Gasteiger partial charge in [0.05, 0.1) is 7.11 Å². The van der Waals surface area contributed by atoms with Crippen LogP contribution in [0.3, 0.4) is 0 Å². The standard InChI is InChI=1S/C16H24N2O3/c1-4-12(5-2)10-18(11-15(19)21-3)16(20)13-7-6-8-14(17)9-13/h6-9,12H,4-5,10-11,17H2,1-3H3. The van der Waals surface area contributed by atoms with Crippen LogP contribution in [0.15, 0.2) is 24.3 Å². The summed E-state index contributed by atoms with van der Waals surface area (Å²) in [6, 6.07) is 6.79. The van der Waals surface area contributed by atoms with E-state index in [9.17, 15) is 9.59 Å². The number of ether oxygens (including phenoxy) is 1. The molecule has 1 rings (SSSR count). The van der Waals surface area contributed by atoms with E-state index < -0.39 is 5.97 Å². The molecule has 5 heteroatoms. The van der Waals surface area contributed by atoms with E-state index in [2.05, 4.69) is 18.6 Å². The van der Waals surface area contributed by atoms with Crippen LogP contribution in [0.2, 0.25) is 0 Å². The van der Waals surface area contributed by atoms with Gasteiger partial charge in [0.15, 0.2) is 0 Å². The van der Waals surface area contributed by atoms with Gasteiger partial charge in [-0.2, -0.15) is 0 Å². The van der Waals surface area contributed by atoms with E-state index in [0.29, 0.717) is 23.7 Å². The van der Waals surface area contributed by atoms with Crippen LogP contribution in [0.4, 0.5) is 5.69 Å². The molecule has 21 heavy (non-hydrogen) atoms. The normalized spacial score (nSPS) is 10.5. The Labute approximate surface area is 126 Å². The van der Waals surface area contributed by atoms with Crippen molar-refractivity contribution in [3.05, 3.63) is 29.8 Å². The minimum atomic E-state index is -0.418. The molecule has 0 unspecified atom stereocenters. The van der Waals surface area contributed by atoms with Crippen LogP contribution in [-0.4, -0.2) is 37.0 Å². The molecule has 116 valence electrons. The number of esters is 1. The second-order valence-electron chi connectivity index (χ2n) is 5.07. The lowest BCUT2D eigenvalue weighted by atomic mass is 10.0. The van der Waals surface area contributed by atoms with Crippen LogP contribution in [0.5, 0.6) is 0 Å². The number of hydrogen-bond acceptors (Lipinski definition) is 4. The number of anilines is 1. The van der Waals surface area contributed by atoms with E-state index in [0.717, 1.165) is 12.8 Å². The van der Waals surface area contributed by atoms with E-state index in [1.165, 1.54) is 12.0 Å². The summed E-state index contributed by atoms with van der Waals surface area (Å²) < 4.78 is 4.68. The zero-order valence-electron chi connectivity index (χ0n) is 13.0. The number of rotatable bonds is 7. The Hall–Kier alpha value is -2.04. The molecule has 0 heterocycles. The lowest BCUT2D eigenvalue weighted by Gasteiger charge is -2.26. The number of amides is 1. The smallest absolute Gasteiger partial charge is 0.325 e. The maximum absolute atomic E-state index is 12.6. The summed E-state index contributed by atoms with van der Waals surface area (Å²) in [7, 11) is 1.32. The Balaban J connectivity index is 2.93. The third-order valence-corrected chi connectivity index (χ3v) is 3.60. The van der Waals surface area contributed by atoms with Crippen LogP contribution in [0, 0.1) is 5.92 Å². The number of methoxy groups -OCH3 is 1. The molecule has 0 radical (unpaired) electrons. The summed E-state index contributed by atoms with van der Waals surface area (Å²) in [6.45, 7) is 4.65. The Kier molecular flexibility index (Phi) is 6.72. The molecule has 1 amide bonds. The van der Waals surface area contributed by atoms with Crippen LogP contribution in [-0.2, 0) is 9.53 Å². The second kappa shape index (κ2) is 8.29. The second-order valence-corrected chi connectivity index (χ2v) is 5.07. The SMILES string of the molecule is CCC(CC)CN(CC(=O)OC)C(=O)c1cccc(N)c1. The van der Waals surface area contributed by atoms with E-state index in [-0.39, 0.29) is 12.5 Å². The molecule has 5 nitrogen and oxygen atoms in total. The predicted molar refractivity (Wildman–Crippen MR) is 82.8 cm³/mol. The van der Waals surface area contributed by atoms with Crippen LogP contribution in [0.1, 0.15) is 37.0 Å². The molecule has 0 saturated carbocycles. The van der Waals surface area contributed by atoms with Crippen molar-refractivity contribution in [2.24, 2.45) is 5.92 Å². The number of carbonyl (C=O) groups excluding carboxylic acids is 2. The first-order valence-corrected chi connectivity index (χ1v) is 7.23. The average molecular weight is 292 g/mol. The molecule has 0 saturated heterocycles. The van der Waals surface area contributed by atoms with Crippen molar-refractivity contribution in [2.75, 3.05) is 25.9 Å². The first-order chi connectivity index (χ1) is 10.0. The van der Waals surface area contributed by atoms with Crippen LogP contribution < -0.4 is 5.73 Å². The monoisotopic (exact) mass is 292 g/mol. The fourth-order valence-corrected chi connectivity index (χ4v) is 2.15. The number of nitrogens with zero attached hydrogens (tertiary/aromatic N) is 1. The van der Waals surface area contributed by atoms with Gasteiger partial charge >= 0.3 is 5.97 Å². The lowest BCUT2D eigenvalue weighted by Crippen LogP contribution is -2.39. The Morgan fingerprint density at radius 1 is 1.29 bits per heavy atom. The van der Waals surface area contributed by atoms with Crippen molar-refractivity contribution in [3.63, 3.8) is 0 Å². The molecule has 0 fully saturated rings. The van der Waals surface area contributed by atoms with Gasteiger partial charge in [-0.05, 0) is 24.1 Å². The molecule has 1 aromatic carbocycles. The number of hydrogen-bond donors (Lipinski definition) is 1. The summed E-state index contributed by atoms with van der Waals surface area (Å²) in [6.07, 6.45) is 1.91. The fraction of sp³-hybridized carbons (Fsp3) is 0.500. The van der Waals surface area contributed by atoms with E-state index in [4.69, 9.17) is 5.73 Å². The van der Waals surface area contributed by atoms with E-state index in [1.807, 2.05) is 0 Å². The van der Waals surface area contributed by atoms with E-state index in [1.54, 1.807) is 24.3 Å². The minimum Gasteiger partial charge on any atom is -0.468 e. The average Bonchev–Trinajstić information content (AvgIpc) is 2.50. The van der Waals surface area contributed by atoms with Gasteiger partial charge in [0.25, 0.3) is 5.91 Å². The zero-order valence-corrected chi connectivity index (χ0v) is 13.0. The topological polar surface area (TPSA) is 72.6 Å². The number of nitrogen functional groups attached to an aromatic ring is 1. The van der Waals surface area contributed by atoms with Crippen molar-refractivity contribution in [1.82, 2.24) is 4.90 Å². The summed E-state index contributed by atoms with van der Waals surface area (Å²) in [5.41, 5.74) is 6.73. The molecule has 0 atom stereocenters. The third-order valence-electron chi connectivity index (χ3n) is 3.60. The van der Waals surface area contributed by atoms with Crippen molar-refractivity contribution in [2.45, 2.75) is 26.7 Å². The number of benzene rings is 1. The quantitative estimate of drug-likeness (QED) is 0.618. The molecule has 0 bridgehead atoms. The summed E-state index contributed by atoms with van der Waals surface area (Å²) in [5, 5.41) is 0. The molecular weight excluding hydrogens is 268 g/mol. The minimum absolute atomic E-state index is 0.0410. The molecule has 0 aliphatic heterocycles. The maximum Gasteiger partial charge on any atom is 0.325 e. The van der Waals surface area contributed by atoms with Gasteiger partial charge in [-0.15, -0.1) is 0 Å². The van der Waals surface area contributed by atoms with Crippen molar-refractivity contribution < 1.29 is 14.3 Å². The van der Waals surface area contributed by atoms with Crippen molar-refractivity contribution >= 4 is 17.6 Å². The molecular formula is C16H24N2O3. The number of nitrogens with two attached hydrogens (primary N) is 1. The Morgan fingerprint density at radius 3 is 2.48 bits per heavy atom. The summed E-state index contributed by atoms with van der Waals surface area (Å²) in [5.74, 6) is -0.252. The molecule has 0 aromatic heterocycles. The first kappa shape index (κ1) is 17.0. The van der Waals surface area contributed by atoms with Crippen LogP contribution >= 0.6 is 0 Å². The largest absolute Gasteiger partial charge is 0.468 e. The van der Waals surface area contributed by atoms with Crippen LogP contribution in [0.25, 0.3) is 0 Å². The van der Waals surface area contributed by atoms with Gasteiger partial charge in [-0.1, -0.05) is 32.8 Å². The molecule has 1 aromatic rings. The van der Waals surface area contributed by atoms with Crippen molar-refractivity contribution in [3.8, 4) is 0 Å². The van der Waals surface area contributed by atoms with Gasteiger partial charge in [0, 0.05) is 17.8 Å². The van der Waals surface area contributed by atoms with Gasteiger partial charge in [-0.3, -0.25) is 9.59 Å². The molecule has 2 N–H and O–H groups in total. The van der Waals surface area contributed by atoms with Crippen molar-refractivity contribution in [1.29, 1.82) is 0 Å². The molecule has 0 aliphatic rings. The highest BCUT2D eigenvalue weighted by molar-refractivity contribution is 5.96. The maximum atomic E-state index is 12.6. The number of carbonyl (C=O) groups is 2. The fourth-order valence-electron chi connectivity index (χ4n) is 2.15. The lowest BCUT2D eigenvalue weighted by molar-refractivity contribution is -0.141. The summed E-state index contributed by atoms with van der Waals surface area (Å²) >= 11 is 0.